The van der Waals surface area contributed by atoms with E-state index in [-0.39, 0.29) is 112 Å². The fourth-order valence-corrected chi connectivity index (χ4v) is 2.57. The Kier molecular flexibility index (Phi) is 36.0. The molecule has 0 atom stereocenters. The normalized spacial score (nSPS) is 10.8. The van der Waals surface area contributed by atoms with Crippen molar-refractivity contribution in [3.63, 3.8) is 0 Å². The molecule has 0 aromatic heterocycles. The van der Waals surface area contributed by atoms with Crippen molar-refractivity contribution in [2.75, 3.05) is 6.61 Å². The molecule has 0 fully saturated rings. The van der Waals surface area contributed by atoms with E-state index < -0.39 is 18.4 Å². The number of allylic oxidation sites excluding steroid dienone is 6. The average molecular weight is 471 g/mol. The summed E-state index contributed by atoms with van der Waals surface area (Å²) in [5.74, 6) is -1.86. The molecule has 0 rings (SSSR count). The van der Waals surface area contributed by atoms with Crippen molar-refractivity contribution < 1.29 is 125 Å². The Morgan fingerprint density at radius 3 is 1.43 bits per heavy atom. The largest absolute Gasteiger partial charge is 1.00 e. The van der Waals surface area contributed by atoms with Gasteiger partial charge >= 0.3 is 115 Å². The number of unbranched alkanes of at least 4 members (excludes halogenated alkanes) is 9. The van der Waals surface area contributed by atoms with Crippen LogP contribution in [0.25, 0.3) is 0 Å². The van der Waals surface area contributed by atoms with Gasteiger partial charge in [-0.3, -0.25) is 9.59 Å². The molecule has 0 aliphatic carbocycles. The molecule has 0 aromatic rings. The van der Waals surface area contributed by atoms with Crippen LogP contribution in [-0.4, -0.2) is 23.7 Å². The molecule has 0 heterocycles. The maximum Gasteiger partial charge on any atom is 1.00 e. The Balaban J connectivity index is -0.000000607. The summed E-state index contributed by atoms with van der Waals surface area (Å²) in [5.41, 5.74) is 0. The van der Waals surface area contributed by atoms with E-state index in [1.54, 1.807) is 6.08 Å². The molecule has 30 heavy (non-hydrogen) atoms. The number of hydrogen-bond donors (Lipinski definition) is 1. The Hall–Kier alpha value is 1.17. The van der Waals surface area contributed by atoms with Crippen LogP contribution in [0.5, 0.6) is 0 Å². The predicted molar refractivity (Wildman–Crippen MR) is 118 cm³/mol. The molecule has 0 aliphatic heterocycles. The van der Waals surface area contributed by atoms with Crippen LogP contribution in [0.2, 0.25) is 0 Å². The van der Waals surface area contributed by atoms with Gasteiger partial charge in [-0.05, 0) is 77.0 Å². The van der Waals surface area contributed by atoms with E-state index in [4.69, 9.17) is 9.84 Å². The third-order valence-electron chi connectivity index (χ3n) is 4.15. The van der Waals surface area contributed by atoms with Crippen molar-refractivity contribution in [1.82, 2.24) is 0 Å². The molecule has 0 aliphatic rings. The first-order chi connectivity index (χ1) is 13.7. The molecule has 0 amide bonds. The van der Waals surface area contributed by atoms with E-state index in [1.807, 2.05) is 12.2 Å². The number of hydrogen-bond acceptors (Lipinski definition) is 3. The molecule has 0 radical (unpaired) electrons. The summed E-state index contributed by atoms with van der Waals surface area (Å²) < 4.78 is 4.76. The number of carboxylic acids is 1. The van der Waals surface area contributed by atoms with Crippen molar-refractivity contribution in [2.45, 2.75) is 83.5 Å². The van der Waals surface area contributed by atoms with Gasteiger partial charge in [-0.15, -0.1) is 6.58 Å². The Labute approximate surface area is 271 Å². The summed E-state index contributed by atoms with van der Waals surface area (Å²) in [7, 11) is 0. The molecular weight excluding hydrogens is 430 g/mol. The standard InChI is InChI=1S/C24H38O4.2K.2H/c1-2-3-4-5-6-7-8-9-10-11-12-13-14-15-16-17-18-19-20-21-28-24(27)22-23(25)26;;;;/h2,7-8,13-14,19-20H,1,3-6,9-12,15-18,21-22H2,(H,25,26);;;;/q;2*+1;2*-1/b8-7+,14-13+,20-19+;;;;. The van der Waals surface area contributed by atoms with E-state index in [2.05, 4.69) is 30.9 Å². The molecule has 162 valence electrons. The SMILES string of the molecule is C=CCCCC/C=C/CCCC/C=C/CCCC/C=C/COC(=O)CC(=O)O.[H-].[H-].[K+].[K+]. The smallest absolute Gasteiger partial charge is 1.00 e. The molecule has 0 spiro atoms. The van der Waals surface area contributed by atoms with Gasteiger partial charge in [-0.25, -0.2) is 0 Å². The van der Waals surface area contributed by atoms with Gasteiger partial charge in [-0.1, -0.05) is 42.5 Å². The van der Waals surface area contributed by atoms with Gasteiger partial charge in [-0.2, -0.15) is 0 Å². The fraction of sp³-hybridized carbons (Fsp3) is 0.583. The van der Waals surface area contributed by atoms with Crippen molar-refractivity contribution >= 4 is 11.9 Å². The first-order valence-electron chi connectivity index (χ1n) is 10.6. The minimum absolute atomic E-state index is 0. The Bertz CT molecular complexity index is 510. The van der Waals surface area contributed by atoms with Crippen LogP contribution in [-0.2, 0) is 14.3 Å². The second-order valence-electron chi connectivity index (χ2n) is 6.81. The molecule has 0 saturated heterocycles. The number of esters is 1. The number of carbonyl (C=O) groups is 2. The fourth-order valence-electron chi connectivity index (χ4n) is 2.57. The van der Waals surface area contributed by atoms with Gasteiger partial charge in [0.2, 0.25) is 0 Å². The monoisotopic (exact) mass is 470 g/mol. The van der Waals surface area contributed by atoms with Crippen molar-refractivity contribution in [2.24, 2.45) is 0 Å². The zero-order valence-electron chi connectivity index (χ0n) is 21.3. The van der Waals surface area contributed by atoms with Gasteiger partial charge in [0, 0.05) is 0 Å². The molecule has 6 heteroatoms. The molecule has 0 unspecified atom stereocenters. The predicted octanol–water partition coefficient (Wildman–Crippen LogP) is 0.773. The second kappa shape index (κ2) is 30.2. The molecule has 0 bridgehead atoms. The Morgan fingerprint density at radius 2 is 1.07 bits per heavy atom. The van der Waals surface area contributed by atoms with E-state index in [0.29, 0.717) is 0 Å². The molecular formula is C24H40K2O4. The van der Waals surface area contributed by atoms with Crippen molar-refractivity contribution in [3.05, 3.63) is 49.1 Å². The van der Waals surface area contributed by atoms with Gasteiger partial charge in [0.1, 0.15) is 13.0 Å². The number of aliphatic carboxylic acids is 1. The zero-order chi connectivity index (χ0) is 20.7. The van der Waals surface area contributed by atoms with Crippen LogP contribution in [0.15, 0.2) is 49.1 Å². The van der Waals surface area contributed by atoms with Gasteiger partial charge < -0.3 is 12.7 Å². The summed E-state index contributed by atoms with van der Waals surface area (Å²) >= 11 is 0. The molecule has 0 saturated carbocycles. The number of rotatable bonds is 19. The van der Waals surface area contributed by atoms with Gasteiger partial charge in [0.15, 0.2) is 0 Å². The topological polar surface area (TPSA) is 63.6 Å². The van der Waals surface area contributed by atoms with Crippen LogP contribution in [0.1, 0.15) is 86.3 Å². The molecule has 1 N–H and O–H groups in total. The van der Waals surface area contributed by atoms with E-state index in [1.165, 1.54) is 38.5 Å². The van der Waals surface area contributed by atoms with Crippen molar-refractivity contribution in [1.29, 1.82) is 0 Å². The van der Waals surface area contributed by atoms with E-state index in [0.717, 1.165) is 38.5 Å². The quantitative estimate of drug-likeness (QED) is 0.0996. The van der Waals surface area contributed by atoms with Crippen LogP contribution in [0.3, 0.4) is 0 Å². The van der Waals surface area contributed by atoms with Crippen LogP contribution < -0.4 is 103 Å². The molecule has 4 nitrogen and oxygen atoms in total. The van der Waals surface area contributed by atoms with E-state index in [9.17, 15) is 9.59 Å². The maximum absolute atomic E-state index is 11.0. The minimum Gasteiger partial charge on any atom is -1.00 e. The second-order valence-corrected chi connectivity index (χ2v) is 6.81. The summed E-state index contributed by atoms with van der Waals surface area (Å²) in [6.07, 6.45) is 28.3. The third-order valence-corrected chi connectivity index (χ3v) is 4.15. The van der Waals surface area contributed by atoms with Crippen LogP contribution in [0.4, 0.5) is 0 Å². The van der Waals surface area contributed by atoms with Crippen LogP contribution >= 0.6 is 0 Å². The average Bonchev–Trinajstić information content (AvgIpc) is 2.66. The van der Waals surface area contributed by atoms with E-state index >= 15 is 0 Å². The summed E-state index contributed by atoms with van der Waals surface area (Å²) in [4.78, 5) is 21.3. The third kappa shape index (κ3) is 31.4. The zero-order valence-corrected chi connectivity index (χ0v) is 25.6. The summed E-state index contributed by atoms with van der Waals surface area (Å²) in [6, 6.07) is 0. The first-order valence-corrected chi connectivity index (χ1v) is 10.6. The van der Waals surface area contributed by atoms with Crippen molar-refractivity contribution in [3.8, 4) is 0 Å². The Morgan fingerprint density at radius 1 is 0.700 bits per heavy atom. The summed E-state index contributed by atoms with van der Waals surface area (Å²) in [5, 5.41) is 8.42. The van der Waals surface area contributed by atoms with Crippen LogP contribution in [0, 0.1) is 0 Å². The number of ether oxygens (including phenoxy) is 1. The first kappa shape index (κ1) is 35.8. The maximum atomic E-state index is 11.0. The summed E-state index contributed by atoms with van der Waals surface area (Å²) in [6.45, 7) is 3.88. The number of carbonyl (C=O) groups excluding carboxylic acids is 1. The molecule has 0 aromatic carbocycles. The number of carboxylic acid groups (broad SMARTS) is 1. The van der Waals surface area contributed by atoms with Gasteiger partial charge in [0.25, 0.3) is 0 Å². The minimum atomic E-state index is -1.16. The van der Waals surface area contributed by atoms with Gasteiger partial charge in [0.05, 0.1) is 0 Å².